The van der Waals surface area contributed by atoms with E-state index in [4.69, 9.17) is 0 Å². The Morgan fingerprint density at radius 1 is 1.44 bits per heavy atom. The maximum atomic E-state index is 9.27. The molecule has 2 nitrogen and oxygen atoms in total. The summed E-state index contributed by atoms with van der Waals surface area (Å²) in [7, 11) is 0. The van der Waals surface area contributed by atoms with Gasteiger partial charge in [0.25, 0.3) is 0 Å². The molecular weight excluding hydrogens is 240 g/mol. The summed E-state index contributed by atoms with van der Waals surface area (Å²) in [4.78, 5) is 1.43. The molecule has 1 aliphatic rings. The molecule has 0 bridgehead atoms. The molecule has 3 heteroatoms. The number of rotatable bonds is 4. The molecule has 1 aliphatic carbocycles. The van der Waals surface area contributed by atoms with Crippen LogP contribution in [0.4, 0.5) is 0 Å². The maximum absolute atomic E-state index is 9.27. The van der Waals surface area contributed by atoms with Crippen LogP contribution in [0.5, 0.6) is 0 Å². The zero-order valence-electron chi connectivity index (χ0n) is 11.1. The van der Waals surface area contributed by atoms with Gasteiger partial charge in [-0.3, -0.25) is 0 Å². The predicted molar refractivity (Wildman–Crippen MR) is 76.6 cm³/mol. The van der Waals surface area contributed by atoms with Gasteiger partial charge >= 0.3 is 0 Å². The average molecular weight is 262 g/mol. The maximum Gasteiger partial charge on any atom is 0.0672 e. The smallest absolute Gasteiger partial charge is 0.0672 e. The Bertz CT molecular complexity index is 380. The van der Waals surface area contributed by atoms with Gasteiger partial charge in [-0.1, -0.05) is 25.3 Å². The van der Waals surface area contributed by atoms with Crippen molar-refractivity contribution in [3.8, 4) is 6.07 Å². The highest BCUT2D eigenvalue weighted by atomic mass is 32.1. The number of hydrogen-bond acceptors (Lipinski definition) is 3. The van der Waals surface area contributed by atoms with Crippen molar-refractivity contribution in [1.82, 2.24) is 5.32 Å². The van der Waals surface area contributed by atoms with E-state index in [1.165, 1.54) is 24.1 Å². The summed E-state index contributed by atoms with van der Waals surface area (Å²) >= 11 is 1.82. The summed E-state index contributed by atoms with van der Waals surface area (Å²) in [5, 5.41) is 15.1. The Balaban J connectivity index is 1.88. The first-order valence-corrected chi connectivity index (χ1v) is 7.85. The number of nitrogens with one attached hydrogen (secondary N) is 1. The average Bonchev–Trinajstić information content (AvgIpc) is 2.75. The van der Waals surface area contributed by atoms with E-state index in [1.807, 2.05) is 11.3 Å². The highest BCUT2D eigenvalue weighted by Crippen LogP contribution is 2.23. The van der Waals surface area contributed by atoms with Crippen LogP contribution < -0.4 is 5.32 Å². The molecule has 1 heterocycles. The Morgan fingerprint density at radius 3 is 3.00 bits per heavy atom. The fourth-order valence-corrected chi connectivity index (χ4v) is 3.65. The lowest BCUT2D eigenvalue weighted by atomic mass is 9.95. The van der Waals surface area contributed by atoms with E-state index in [-0.39, 0.29) is 5.92 Å². The van der Waals surface area contributed by atoms with Crippen molar-refractivity contribution in [2.75, 3.05) is 0 Å². The summed E-state index contributed by atoms with van der Waals surface area (Å²) in [5.74, 6) is 0.207. The lowest BCUT2D eigenvalue weighted by Crippen LogP contribution is -2.41. The molecule has 3 atom stereocenters. The second-order valence-corrected chi connectivity index (χ2v) is 6.36. The number of nitrogens with zero attached hydrogens (tertiary/aromatic N) is 1. The van der Waals surface area contributed by atoms with Crippen molar-refractivity contribution in [3.05, 3.63) is 22.4 Å². The van der Waals surface area contributed by atoms with Gasteiger partial charge in [0.2, 0.25) is 0 Å². The van der Waals surface area contributed by atoms with Crippen LogP contribution in [-0.4, -0.2) is 12.1 Å². The van der Waals surface area contributed by atoms with E-state index in [2.05, 4.69) is 35.8 Å². The third kappa shape index (κ3) is 3.83. The van der Waals surface area contributed by atoms with Crippen LogP contribution in [0.15, 0.2) is 17.5 Å². The van der Waals surface area contributed by atoms with Gasteiger partial charge in [-0.15, -0.1) is 11.3 Å². The van der Waals surface area contributed by atoms with Crippen LogP contribution in [0, 0.1) is 17.2 Å². The number of nitriles is 1. The molecule has 0 spiro atoms. The lowest BCUT2D eigenvalue weighted by molar-refractivity contribution is 0.357. The van der Waals surface area contributed by atoms with Gasteiger partial charge < -0.3 is 5.32 Å². The van der Waals surface area contributed by atoms with Gasteiger partial charge in [-0.05, 0) is 37.6 Å². The topological polar surface area (TPSA) is 35.8 Å². The van der Waals surface area contributed by atoms with E-state index >= 15 is 0 Å². The minimum Gasteiger partial charge on any atom is -0.310 e. The monoisotopic (exact) mass is 262 g/mol. The van der Waals surface area contributed by atoms with E-state index in [0.717, 1.165) is 19.3 Å². The van der Waals surface area contributed by atoms with Crippen LogP contribution in [0.2, 0.25) is 0 Å². The summed E-state index contributed by atoms with van der Waals surface area (Å²) < 4.78 is 0. The van der Waals surface area contributed by atoms with Crippen LogP contribution in [0.25, 0.3) is 0 Å². The number of hydrogen-bond donors (Lipinski definition) is 1. The van der Waals surface area contributed by atoms with Gasteiger partial charge in [-0.25, -0.2) is 0 Å². The molecule has 0 aliphatic heterocycles. The SMILES string of the molecule is CC(Cc1cccs1)NC1CCCCCC1C#N. The highest BCUT2D eigenvalue weighted by molar-refractivity contribution is 7.09. The molecule has 2 rings (SSSR count). The Hall–Kier alpha value is -0.850. The summed E-state index contributed by atoms with van der Waals surface area (Å²) in [5.41, 5.74) is 0. The summed E-state index contributed by atoms with van der Waals surface area (Å²) in [6, 6.07) is 7.65. The minimum absolute atomic E-state index is 0.207. The lowest BCUT2D eigenvalue weighted by Gasteiger charge is -2.25. The highest BCUT2D eigenvalue weighted by Gasteiger charge is 2.24. The zero-order valence-corrected chi connectivity index (χ0v) is 11.9. The van der Waals surface area contributed by atoms with Crippen molar-refractivity contribution in [2.45, 2.75) is 57.5 Å². The van der Waals surface area contributed by atoms with Crippen LogP contribution in [0.1, 0.15) is 43.9 Å². The molecule has 0 aromatic carbocycles. The Kier molecular flexibility index (Phi) is 5.22. The van der Waals surface area contributed by atoms with Gasteiger partial charge in [-0.2, -0.15) is 5.26 Å². The van der Waals surface area contributed by atoms with Gasteiger partial charge in [0.1, 0.15) is 0 Å². The molecule has 3 unspecified atom stereocenters. The molecule has 1 aromatic heterocycles. The van der Waals surface area contributed by atoms with Crippen molar-refractivity contribution in [2.24, 2.45) is 5.92 Å². The van der Waals surface area contributed by atoms with Crippen molar-refractivity contribution < 1.29 is 0 Å². The first-order chi connectivity index (χ1) is 8.79. The molecule has 0 saturated heterocycles. The van der Waals surface area contributed by atoms with Crippen LogP contribution in [-0.2, 0) is 6.42 Å². The Morgan fingerprint density at radius 2 is 2.28 bits per heavy atom. The first kappa shape index (κ1) is 13.6. The molecule has 1 saturated carbocycles. The molecule has 0 radical (unpaired) electrons. The number of thiophene rings is 1. The van der Waals surface area contributed by atoms with Crippen molar-refractivity contribution >= 4 is 11.3 Å². The third-order valence-electron chi connectivity index (χ3n) is 3.77. The molecule has 18 heavy (non-hydrogen) atoms. The Labute approximate surface area is 114 Å². The largest absolute Gasteiger partial charge is 0.310 e. The first-order valence-electron chi connectivity index (χ1n) is 6.97. The van der Waals surface area contributed by atoms with Crippen LogP contribution in [0.3, 0.4) is 0 Å². The molecule has 1 aromatic rings. The predicted octanol–water partition coefficient (Wildman–Crippen LogP) is 3.74. The fourth-order valence-electron chi connectivity index (χ4n) is 2.82. The molecule has 1 fully saturated rings. The second-order valence-electron chi connectivity index (χ2n) is 5.33. The van der Waals surface area contributed by atoms with E-state index in [9.17, 15) is 5.26 Å². The molecule has 1 N–H and O–H groups in total. The molecular formula is C15H22N2S. The summed E-state index contributed by atoms with van der Waals surface area (Å²) in [6.07, 6.45) is 7.08. The normalized spacial score (nSPS) is 26.2. The summed E-state index contributed by atoms with van der Waals surface area (Å²) in [6.45, 7) is 2.24. The van der Waals surface area contributed by atoms with Crippen molar-refractivity contribution in [3.63, 3.8) is 0 Å². The minimum atomic E-state index is 0.207. The van der Waals surface area contributed by atoms with E-state index in [0.29, 0.717) is 12.1 Å². The van der Waals surface area contributed by atoms with E-state index in [1.54, 1.807) is 0 Å². The van der Waals surface area contributed by atoms with E-state index < -0.39 is 0 Å². The van der Waals surface area contributed by atoms with Gasteiger partial charge in [0.05, 0.1) is 12.0 Å². The fraction of sp³-hybridized carbons (Fsp3) is 0.667. The van der Waals surface area contributed by atoms with Crippen LogP contribution >= 0.6 is 11.3 Å². The van der Waals surface area contributed by atoms with Gasteiger partial charge in [0.15, 0.2) is 0 Å². The molecule has 0 amide bonds. The third-order valence-corrected chi connectivity index (χ3v) is 4.67. The van der Waals surface area contributed by atoms with Crippen molar-refractivity contribution in [1.29, 1.82) is 5.26 Å². The second kappa shape index (κ2) is 6.92. The standard InChI is InChI=1S/C15H22N2S/c1-12(10-14-7-5-9-18-14)17-15-8-4-2-3-6-13(15)11-16/h5,7,9,12-13,15,17H,2-4,6,8,10H2,1H3. The molecule has 98 valence electrons. The van der Waals surface area contributed by atoms with Gasteiger partial charge in [0, 0.05) is 17.0 Å². The quantitative estimate of drug-likeness (QED) is 0.839. The zero-order chi connectivity index (χ0) is 12.8.